The molecule has 0 fully saturated rings. The number of hydrogen-bond donors (Lipinski definition) is 1. The molecule has 3 aromatic rings. The molecule has 0 heterocycles. The Morgan fingerprint density at radius 3 is 1.54 bits per heavy atom. The Morgan fingerprint density at radius 2 is 1.21 bits per heavy atom. The second-order valence-electron chi connectivity index (χ2n) is 6.35. The lowest BCUT2D eigenvalue weighted by molar-refractivity contribution is 1.11. The summed E-state index contributed by atoms with van der Waals surface area (Å²) in [5.74, 6) is 0.898. The molecule has 0 aliphatic heterocycles. The monoisotopic (exact) mass is 403 g/mol. The van der Waals surface area contributed by atoms with Crippen LogP contribution in [0.5, 0.6) is 0 Å². The minimum Gasteiger partial charge on any atom is -0.390 e. The highest BCUT2D eigenvalue weighted by Crippen LogP contribution is 2.63. The van der Waals surface area contributed by atoms with Crippen LogP contribution in [0.25, 0.3) is 0 Å². The van der Waals surface area contributed by atoms with Crippen LogP contribution in [0.2, 0.25) is 0 Å². The molecule has 140 valence electrons. The van der Waals surface area contributed by atoms with E-state index in [-0.39, 0.29) is 0 Å². The van der Waals surface area contributed by atoms with Gasteiger partial charge in [0.15, 0.2) is 7.26 Å². The number of nitrogens with zero attached hydrogens (tertiary/aromatic N) is 1. The van der Waals surface area contributed by atoms with Gasteiger partial charge >= 0.3 is 0 Å². The first-order chi connectivity index (χ1) is 13.7. The third-order valence-electron chi connectivity index (χ3n) is 4.57. The summed E-state index contributed by atoms with van der Waals surface area (Å²) >= 11 is 1.58. The summed E-state index contributed by atoms with van der Waals surface area (Å²) in [4.78, 5) is 0. The van der Waals surface area contributed by atoms with Gasteiger partial charge in [-0.1, -0.05) is 61.5 Å². The minimum atomic E-state index is -2.39. The first-order valence-corrected chi connectivity index (χ1v) is 12.1. The largest absolute Gasteiger partial charge is 0.390 e. The zero-order valence-electron chi connectivity index (χ0n) is 16.0. The van der Waals surface area contributed by atoms with Crippen molar-refractivity contribution in [1.82, 2.24) is 0 Å². The van der Waals surface area contributed by atoms with E-state index in [1.165, 1.54) is 0 Å². The zero-order valence-corrected chi connectivity index (χ0v) is 17.7. The Balaban J connectivity index is 2.43. The zero-order chi connectivity index (χ0) is 19.8. The van der Waals surface area contributed by atoms with Gasteiger partial charge in [0.2, 0.25) is 5.31 Å². The maximum Gasteiger partial charge on any atom is 0.214 e. The third-order valence-corrected chi connectivity index (χ3v) is 10.1. The van der Waals surface area contributed by atoms with Gasteiger partial charge in [0.25, 0.3) is 0 Å². The Hall–Kier alpha value is -2.53. The van der Waals surface area contributed by atoms with Crippen LogP contribution in [0, 0.1) is 11.3 Å². The second kappa shape index (κ2) is 9.60. The Bertz CT molecular complexity index is 867. The maximum absolute atomic E-state index is 10.3. The molecule has 28 heavy (non-hydrogen) atoms. The third kappa shape index (κ3) is 3.85. The molecule has 3 rings (SSSR count). The standard InChI is InChI=1S/C24H24N2PS/c1-2-18-28-24(26)23(19-25)27(20-12-6-3-7-13-20,21-14-8-4-9-15-21)22-16-10-5-11-17-22/h3-17H,2,18,26H2,1H3/q+1/b24-23-. The molecule has 4 heteroatoms. The fourth-order valence-electron chi connectivity index (χ4n) is 3.37. The van der Waals surface area contributed by atoms with Crippen molar-refractivity contribution in [1.29, 1.82) is 5.26 Å². The van der Waals surface area contributed by atoms with Crippen LogP contribution < -0.4 is 21.6 Å². The summed E-state index contributed by atoms with van der Waals surface area (Å²) in [5, 5.41) is 15.1. The first-order valence-electron chi connectivity index (χ1n) is 9.34. The highest BCUT2D eigenvalue weighted by Gasteiger charge is 2.51. The average molecular weight is 404 g/mol. The SMILES string of the molecule is CCCS/C(N)=C(/C#N)[P+](c1ccccc1)(c1ccccc1)c1ccccc1. The van der Waals surface area contributed by atoms with Crippen molar-refractivity contribution in [2.24, 2.45) is 5.73 Å². The topological polar surface area (TPSA) is 49.8 Å². The number of nitrogens with two attached hydrogens (primary N) is 1. The van der Waals surface area contributed by atoms with Gasteiger partial charge in [-0.05, 0) is 48.6 Å². The Kier molecular flexibility index (Phi) is 6.93. The van der Waals surface area contributed by atoms with E-state index in [1.807, 2.05) is 54.6 Å². The van der Waals surface area contributed by atoms with E-state index in [2.05, 4.69) is 49.4 Å². The molecule has 0 unspecified atom stereocenters. The number of rotatable bonds is 7. The van der Waals surface area contributed by atoms with E-state index in [4.69, 9.17) is 5.73 Å². The second-order valence-corrected chi connectivity index (χ2v) is 10.8. The molecule has 0 saturated carbocycles. The van der Waals surface area contributed by atoms with Crippen LogP contribution in [0.15, 0.2) is 101 Å². The van der Waals surface area contributed by atoms with Crippen molar-refractivity contribution in [3.63, 3.8) is 0 Å². The number of nitriles is 1. The lowest BCUT2D eigenvalue weighted by Gasteiger charge is -2.27. The van der Waals surface area contributed by atoms with Crippen LogP contribution in [-0.4, -0.2) is 5.75 Å². The molecule has 2 N–H and O–H groups in total. The quantitative estimate of drug-likeness (QED) is 0.456. The van der Waals surface area contributed by atoms with Crippen LogP contribution in [0.1, 0.15) is 13.3 Å². The fourth-order valence-corrected chi connectivity index (χ4v) is 8.58. The number of thioether (sulfide) groups is 1. The van der Waals surface area contributed by atoms with Crippen LogP contribution in [0.4, 0.5) is 0 Å². The van der Waals surface area contributed by atoms with Crippen molar-refractivity contribution in [3.8, 4) is 6.07 Å². The highest BCUT2D eigenvalue weighted by molar-refractivity contribution is 8.05. The first kappa shape index (κ1) is 20.2. The molecule has 3 aromatic carbocycles. The number of allylic oxidation sites excluding steroid dienone is 1. The molecule has 0 amide bonds. The van der Waals surface area contributed by atoms with E-state index in [0.717, 1.165) is 28.1 Å². The normalized spacial score (nSPS) is 12.1. The molecule has 0 radical (unpaired) electrons. The highest BCUT2D eigenvalue weighted by atomic mass is 32.2. The summed E-state index contributed by atoms with van der Waals surface area (Å²) in [6.07, 6.45) is 1.01. The molecule has 2 nitrogen and oxygen atoms in total. The maximum atomic E-state index is 10.3. The molecule has 0 atom stereocenters. The van der Waals surface area contributed by atoms with Gasteiger partial charge in [-0.3, -0.25) is 0 Å². The van der Waals surface area contributed by atoms with Crippen molar-refractivity contribution < 1.29 is 0 Å². The van der Waals surface area contributed by atoms with Gasteiger partial charge in [0.1, 0.15) is 27.0 Å². The van der Waals surface area contributed by atoms with Crippen molar-refractivity contribution >= 4 is 34.9 Å². The van der Waals surface area contributed by atoms with Crippen molar-refractivity contribution in [2.75, 3.05) is 5.75 Å². The molecule has 0 aliphatic carbocycles. The molecule has 0 aliphatic rings. The molecule has 0 spiro atoms. The number of hydrogen-bond acceptors (Lipinski definition) is 3. The minimum absolute atomic E-state index is 0.634. The van der Waals surface area contributed by atoms with E-state index >= 15 is 0 Å². The van der Waals surface area contributed by atoms with Gasteiger partial charge < -0.3 is 5.73 Å². The molecular formula is C24H24N2PS+. The van der Waals surface area contributed by atoms with E-state index in [0.29, 0.717) is 10.3 Å². The summed E-state index contributed by atoms with van der Waals surface area (Å²) in [5.41, 5.74) is 6.56. The number of benzene rings is 3. The molecular weight excluding hydrogens is 379 g/mol. The molecule has 0 bridgehead atoms. The van der Waals surface area contributed by atoms with Gasteiger partial charge in [-0.2, -0.15) is 5.26 Å². The van der Waals surface area contributed by atoms with Gasteiger partial charge in [-0.25, -0.2) is 0 Å². The molecule has 0 saturated heterocycles. The van der Waals surface area contributed by atoms with E-state index < -0.39 is 7.26 Å². The van der Waals surface area contributed by atoms with Gasteiger partial charge in [0.05, 0.1) is 0 Å². The van der Waals surface area contributed by atoms with Crippen LogP contribution >= 0.6 is 19.0 Å². The summed E-state index contributed by atoms with van der Waals surface area (Å²) < 4.78 is 0. The van der Waals surface area contributed by atoms with E-state index in [9.17, 15) is 5.26 Å². The lowest BCUT2D eigenvalue weighted by Crippen LogP contribution is -2.33. The predicted molar refractivity (Wildman–Crippen MR) is 125 cm³/mol. The smallest absolute Gasteiger partial charge is 0.214 e. The van der Waals surface area contributed by atoms with Crippen LogP contribution in [-0.2, 0) is 0 Å². The fraction of sp³-hybridized carbons (Fsp3) is 0.125. The summed E-state index contributed by atoms with van der Waals surface area (Å²) in [7, 11) is -2.39. The molecule has 0 aromatic heterocycles. The predicted octanol–water partition coefficient (Wildman–Crippen LogP) is 4.78. The lowest BCUT2D eigenvalue weighted by atomic mass is 10.4. The van der Waals surface area contributed by atoms with E-state index in [1.54, 1.807) is 11.8 Å². The van der Waals surface area contributed by atoms with Gasteiger partial charge in [0, 0.05) is 0 Å². The van der Waals surface area contributed by atoms with Crippen molar-refractivity contribution in [2.45, 2.75) is 13.3 Å². The Morgan fingerprint density at radius 1 is 0.821 bits per heavy atom. The van der Waals surface area contributed by atoms with Crippen molar-refractivity contribution in [3.05, 3.63) is 101 Å². The summed E-state index contributed by atoms with van der Waals surface area (Å²) in [6, 6.07) is 33.6. The van der Waals surface area contributed by atoms with Gasteiger partial charge in [-0.15, -0.1) is 11.8 Å². The summed E-state index contributed by atoms with van der Waals surface area (Å²) in [6.45, 7) is 2.13. The Labute approximate surface area is 172 Å². The van der Waals surface area contributed by atoms with Crippen LogP contribution in [0.3, 0.4) is 0 Å². The average Bonchev–Trinajstić information content (AvgIpc) is 2.77.